The van der Waals surface area contributed by atoms with Crippen molar-refractivity contribution in [2.75, 3.05) is 33.0 Å². The molecule has 0 aliphatic heterocycles. The van der Waals surface area contributed by atoms with Crippen LogP contribution in [0.15, 0.2) is 24.3 Å². The fourth-order valence-corrected chi connectivity index (χ4v) is 5.40. The van der Waals surface area contributed by atoms with Crippen LogP contribution >= 0.6 is 7.82 Å². The number of rotatable bonds is 34. The molecule has 0 heterocycles. The number of aliphatic hydroxyl groups is 2. The quantitative estimate of drug-likeness (QED) is 0.0268. The van der Waals surface area contributed by atoms with E-state index in [4.69, 9.17) is 23.6 Å². The molecule has 0 aromatic carbocycles. The molecule has 0 fully saturated rings. The molecule has 0 amide bonds. The lowest BCUT2D eigenvalue weighted by Crippen LogP contribution is -2.29. The number of ether oxygens (including phenoxy) is 2. The molecule has 0 aliphatic rings. The first-order valence-electron chi connectivity index (χ1n) is 17.8. The summed E-state index contributed by atoms with van der Waals surface area (Å²) in [6.45, 7) is 3.44. The Balaban J connectivity index is 4.29. The SMILES string of the molecule is CCCC/C=C\C/C=C\CCCCCCCC(=O)OC(COCCCCCCCCCCCC)COP(=O)(O)OCC(O)CO. The van der Waals surface area contributed by atoms with Crippen LogP contribution in [0, 0.1) is 0 Å². The summed E-state index contributed by atoms with van der Waals surface area (Å²) in [6.07, 6.45) is 29.9. The normalized spacial score (nSPS) is 14.7. The zero-order chi connectivity index (χ0) is 33.3. The van der Waals surface area contributed by atoms with Gasteiger partial charge >= 0.3 is 13.8 Å². The molecule has 10 heteroatoms. The zero-order valence-electron chi connectivity index (χ0n) is 28.6. The van der Waals surface area contributed by atoms with Crippen molar-refractivity contribution < 1.29 is 43.0 Å². The van der Waals surface area contributed by atoms with Crippen LogP contribution in [-0.4, -0.2) is 66.3 Å². The number of esters is 1. The first-order valence-corrected chi connectivity index (χ1v) is 19.3. The van der Waals surface area contributed by atoms with Crippen molar-refractivity contribution in [3.63, 3.8) is 0 Å². The Labute approximate surface area is 274 Å². The number of allylic oxidation sites excluding steroid dienone is 4. The molecule has 3 atom stereocenters. The maximum Gasteiger partial charge on any atom is 0.472 e. The fraction of sp³-hybridized carbons (Fsp3) is 0.857. The van der Waals surface area contributed by atoms with Gasteiger partial charge in [0, 0.05) is 13.0 Å². The van der Waals surface area contributed by atoms with Crippen molar-refractivity contribution in [3.05, 3.63) is 24.3 Å². The number of carbonyl (C=O) groups excluding carboxylic acids is 1. The van der Waals surface area contributed by atoms with Crippen LogP contribution in [0.3, 0.4) is 0 Å². The van der Waals surface area contributed by atoms with Crippen LogP contribution in [0.25, 0.3) is 0 Å². The molecule has 0 bridgehead atoms. The molecule has 266 valence electrons. The molecule has 0 spiro atoms. The standard InChI is InChI=1S/C35H67O9P/c1-3-5-7-9-11-13-15-16-17-18-19-21-23-25-27-35(38)44-34(32-43-45(39,40)42-30-33(37)29-36)31-41-28-26-24-22-20-14-12-10-8-6-4-2/h9,11,15-16,33-34,36-37H,3-8,10,12-14,17-32H2,1-2H3,(H,39,40)/b11-9-,16-15-. The van der Waals surface area contributed by atoms with Crippen molar-refractivity contribution in [1.29, 1.82) is 0 Å². The van der Waals surface area contributed by atoms with E-state index in [9.17, 15) is 19.4 Å². The number of phosphoric ester groups is 1. The monoisotopic (exact) mass is 662 g/mol. The van der Waals surface area contributed by atoms with E-state index in [1.165, 1.54) is 57.8 Å². The Hall–Kier alpha value is -1.06. The zero-order valence-corrected chi connectivity index (χ0v) is 29.5. The molecule has 45 heavy (non-hydrogen) atoms. The summed E-state index contributed by atoms with van der Waals surface area (Å²) in [5, 5.41) is 18.2. The topological polar surface area (TPSA) is 132 Å². The third kappa shape index (κ3) is 32.7. The minimum absolute atomic E-state index is 0.0461. The van der Waals surface area contributed by atoms with E-state index in [1.54, 1.807) is 0 Å². The van der Waals surface area contributed by atoms with Gasteiger partial charge in [0.05, 0.1) is 26.4 Å². The van der Waals surface area contributed by atoms with Crippen LogP contribution in [0.2, 0.25) is 0 Å². The third-order valence-corrected chi connectivity index (χ3v) is 8.34. The molecular formula is C35H67O9P. The summed E-state index contributed by atoms with van der Waals surface area (Å²) in [5.74, 6) is -0.398. The van der Waals surface area contributed by atoms with Crippen molar-refractivity contribution in [1.82, 2.24) is 0 Å². The molecule has 0 saturated carbocycles. The van der Waals surface area contributed by atoms with E-state index in [0.29, 0.717) is 13.0 Å². The van der Waals surface area contributed by atoms with Gasteiger partial charge in [-0.25, -0.2) is 4.57 Å². The Kier molecular flexibility index (Phi) is 32.1. The molecule has 3 unspecified atom stereocenters. The number of hydrogen-bond donors (Lipinski definition) is 3. The van der Waals surface area contributed by atoms with Gasteiger partial charge in [0.1, 0.15) is 12.2 Å². The molecular weight excluding hydrogens is 595 g/mol. The van der Waals surface area contributed by atoms with Gasteiger partial charge in [-0.3, -0.25) is 13.8 Å². The first-order chi connectivity index (χ1) is 21.8. The molecule has 0 rings (SSSR count). The highest BCUT2D eigenvalue weighted by Crippen LogP contribution is 2.43. The smallest absolute Gasteiger partial charge is 0.457 e. The lowest BCUT2D eigenvalue weighted by Gasteiger charge is -2.20. The largest absolute Gasteiger partial charge is 0.472 e. The van der Waals surface area contributed by atoms with Gasteiger partial charge in [-0.1, -0.05) is 128 Å². The summed E-state index contributed by atoms with van der Waals surface area (Å²) in [7, 11) is -4.51. The fourth-order valence-electron chi connectivity index (χ4n) is 4.61. The van der Waals surface area contributed by atoms with Crippen molar-refractivity contribution >= 4 is 13.8 Å². The molecule has 9 nitrogen and oxygen atoms in total. The van der Waals surface area contributed by atoms with E-state index >= 15 is 0 Å². The van der Waals surface area contributed by atoms with E-state index in [-0.39, 0.29) is 19.6 Å². The van der Waals surface area contributed by atoms with Crippen LogP contribution in [0.1, 0.15) is 149 Å². The van der Waals surface area contributed by atoms with Crippen molar-refractivity contribution in [2.45, 2.75) is 161 Å². The van der Waals surface area contributed by atoms with Crippen LogP contribution < -0.4 is 0 Å². The van der Waals surface area contributed by atoms with Gasteiger partial charge in [-0.2, -0.15) is 0 Å². The maximum absolute atomic E-state index is 12.5. The average Bonchev–Trinajstić information content (AvgIpc) is 3.03. The van der Waals surface area contributed by atoms with Gasteiger partial charge in [0.2, 0.25) is 0 Å². The minimum atomic E-state index is -4.51. The molecule has 0 saturated heterocycles. The Morgan fingerprint density at radius 2 is 1.22 bits per heavy atom. The van der Waals surface area contributed by atoms with E-state index < -0.39 is 39.2 Å². The van der Waals surface area contributed by atoms with Gasteiger partial charge in [-0.15, -0.1) is 0 Å². The second-order valence-electron chi connectivity index (χ2n) is 11.9. The number of phosphoric acid groups is 1. The van der Waals surface area contributed by atoms with Gasteiger partial charge in [0.25, 0.3) is 0 Å². The number of hydrogen-bond acceptors (Lipinski definition) is 8. The van der Waals surface area contributed by atoms with Gasteiger partial charge < -0.3 is 24.6 Å². The summed E-state index contributed by atoms with van der Waals surface area (Å²) in [5.41, 5.74) is 0. The summed E-state index contributed by atoms with van der Waals surface area (Å²) >= 11 is 0. The van der Waals surface area contributed by atoms with Gasteiger partial charge in [0.15, 0.2) is 0 Å². The number of unbranched alkanes of at least 4 members (excludes halogenated alkanes) is 16. The predicted octanol–water partition coefficient (Wildman–Crippen LogP) is 8.75. The van der Waals surface area contributed by atoms with Crippen LogP contribution in [0.4, 0.5) is 0 Å². The molecule has 3 N–H and O–H groups in total. The Bertz CT molecular complexity index is 759. The second-order valence-corrected chi connectivity index (χ2v) is 13.3. The van der Waals surface area contributed by atoms with E-state index in [2.05, 4.69) is 38.2 Å². The predicted molar refractivity (Wildman–Crippen MR) is 182 cm³/mol. The number of carbonyl (C=O) groups is 1. The lowest BCUT2D eigenvalue weighted by atomic mass is 10.1. The maximum atomic E-state index is 12.5. The third-order valence-electron chi connectivity index (χ3n) is 7.39. The second kappa shape index (κ2) is 32.9. The highest BCUT2D eigenvalue weighted by Gasteiger charge is 2.26. The molecule has 0 radical (unpaired) electrons. The number of aliphatic hydroxyl groups excluding tert-OH is 2. The highest BCUT2D eigenvalue weighted by molar-refractivity contribution is 7.47. The summed E-state index contributed by atoms with van der Waals surface area (Å²) in [6, 6.07) is 0. The summed E-state index contributed by atoms with van der Waals surface area (Å²) < 4.78 is 33.1. The van der Waals surface area contributed by atoms with Crippen molar-refractivity contribution in [2.24, 2.45) is 0 Å². The Morgan fingerprint density at radius 3 is 1.84 bits per heavy atom. The molecule has 0 aliphatic carbocycles. The molecule has 0 aromatic heterocycles. The summed E-state index contributed by atoms with van der Waals surface area (Å²) in [4.78, 5) is 22.4. The van der Waals surface area contributed by atoms with Gasteiger partial charge in [-0.05, 0) is 38.5 Å². The van der Waals surface area contributed by atoms with Crippen LogP contribution in [0.5, 0.6) is 0 Å². The first kappa shape index (κ1) is 43.9. The average molecular weight is 663 g/mol. The Morgan fingerprint density at radius 1 is 0.689 bits per heavy atom. The lowest BCUT2D eigenvalue weighted by molar-refractivity contribution is -0.154. The van der Waals surface area contributed by atoms with E-state index in [1.807, 2.05) is 0 Å². The minimum Gasteiger partial charge on any atom is -0.457 e. The molecule has 0 aromatic rings. The van der Waals surface area contributed by atoms with E-state index in [0.717, 1.165) is 64.2 Å². The van der Waals surface area contributed by atoms with Crippen molar-refractivity contribution in [3.8, 4) is 0 Å². The highest BCUT2D eigenvalue weighted by atomic mass is 31.2. The van der Waals surface area contributed by atoms with Crippen LogP contribution in [-0.2, 0) is 27.9 Å².